The smallest absolute Gasteiger partial charge is 0.336 e. The van der Waals surface area contributed by atoms with Crippen molar-refractivity contribution in [2.24, 2.45) is 0 Å². The van der Waals surface area contributed by atoms with Crippen molar-refractivity contribution in [2.45, 2.75) is 25.7 Å². The Balaban J connectivity index is 3.03. The third kappa shape index (κ3) is 4.12. The molecule has 0 N–H and O–H groups in total. The number of carbonyl (C=O) groups excluding carboxylic acids is 1. The summed E-state index contributed by atoms with van der Waals surface area (Å²) in [4.78, 5) is 11.6. The molecule has 18 heavy (non-hydrogen) atoms. The Bertz CT molecular complexity index is 420. The summed E-state index contributed by atoms with van der Waals surface area (Å²) in [6.45, 7) is 10.0. The van der Waals surface area contributed by atoms with Gasteiger partial charge in [-0.25, -0.2) is 4.79 Å². The van der Waals surface area contributed by atoms with Crippen LogP contribution in [-0.4, -0.2) is 21.4 Å². The Kier molecular flexibility index (Phi) is 4.87. The molecule has 0 aliphatic rings. The normalized spacial score (nSPS) is 12.9. The third-order valence-electron chi connectivity index (χ3n) is 2.34. The topological polar surface area (TPSA) is 35.5 Å². The molecule has 0 amide bonds. The van der Waals surface area contributed by atoms with Gasteiger partial charge in [-0.2, -0.15) is 0 Å². The number of ether oxygens (including phenoxy) is 1. The van der Waals surface area contributed by atoms with Crippen molar-refractivity contribution < 1.29 is 14.0 Å². The minimum Gasteiger partial charge on any atom is -0.466 e. The van der Waals surface area contributed by atoms with Crippen molar-refractivity contribution in [3.63, 3.8) is 0 Å². The maximum Gasteiger partial charge on any atom is 0.336 e. The molecule has 98 valence electrons. The van der Waals surface area contributed by atoms with Crippen LogP contribution < -0.4 is 0 Å². The molecule has 0 bridgehead atoms. The fourth-order valence-electron chi connectivity index (χ4n) is 1.56. The minimum atomic E-state index is -1.79. The van der Waals surface area contributed by atoms with Gasteiger partial charge in [-0.05, 0) is 25.2 Å². The molecule has 3 nitrogen and oxygen atoms in total. The fourth-order valence-corrected chi connectivity index (χ4v) is 2.55. The van der Waals surface area contributed by atoms with Gasteiger partial charge >= 0.3 is 5.97 Å². The molecule has 0 saturated heterocycles. The molecule has 1 rings (SSSR count). The van der Waals surface area contributed by atoms with E-state index in [1.165, 1.54) is 7.11 Å². The van der Waals surface area contributed by atoms with Crippen LogP contribution in [0.2, 0.25) is 19.6 Å². The summed E-state index contributed by atoms with van der Waals surface area (Å²) in [5.41, 5.74) is 1.27. The third-order valence-corrected chi connectivity index (χ3v) is 3.28. The number of esters is 1. The molecular weight excluding hydrogens is 244 g/mol. The molecule has 1 aromatic rings. The van der Waals surface area contributed by atoms with Crippen LogP contribution in [0.1, 0.15) is 11.7 Å². The maximum absolute atomic E-state index is 11.6. The summed E-state index contributed by atoms with van der Waals surface area (Å²) in [5, 5.41) is 0. The molecule has 0 aliphatic carbocycles. The van der Waals surface area contributed by atoms with E-state index in [1.807, 2.05) is 30.3 Å². The molecule has 0 spiro atoms. The van der Waals surface area contributed by atoms with Crippen molar-refractivity contribution in [2.75, 3.05) is 7.11 Å². The van der Waals surface area contributed by atoms with E-state index in [9.17, 15) is 4.79 Å². The van der Waals surface area contributed by atoms with Crippen molar-refractivity contribution >= 4 is 14.3 Å². The molecule has 0 saturated carbocycles. The number of hydrogen-bond donors (Lipinski definition) is 0. The second-order valence-corrected chi connectivity index (χ2v) is 9.50. The molecule has 0 aromatic heterocycles. The van der Waals surface area contributed by atoms with Crippen LogP contribution in [0.25, 0.3) is 0 Å². The lowest BCUT2D eigenvalue weighted by molar-refractivity contribution is -0.137. The van der Waals surface area contributed by atoms with Gasteiger partial charge in [0.2, 0.25) is 0 Å². The average molecular weight is 264 g/mol. The molecule has 1 atom stereocenters. The summed E-state index contributed by atoms with van der Waals surface area (Å²) in [7, 11) is -0.442. The first-order valence-electron chi connectivity index (χ1n) is 5.85. The van der Waals surface area contributed by atoms with E-state index in [-0.39, 0.29) is 0 Å². The first-order valence-corrected chi connectivity index (χ1v) is 9.26. The molecule has 0 fully saturated rings. The number of carbonyl (C=O) groups is 1. The number of benzene rings is 1. The van der Waals surface area contributed by atoms with Gasteiger partial charge in [0.05, 0.1) is 12.7 Å². The molecule has 0 aliphatic heterocycles. The van der Waals surface area contributed by atoms with Crippen LogP contribution >= 0.6 is 0 Å². The van der Waals surface area contributed by atoms with Gasteiger partial charge in [-0.3, -0.25) is 0 Å². The van der Waals surface area contributed by atoms with E-state index in [2.05, 4.69) is 26.2 Å². The van der Waals surface area contributed by atoms with E-state index in [1.54, 1.807) is 0 Å². The van der Waals surface area contributed by atoms with Crippen LogP contribution in [0.4, 0.5) is 0 Å². The van der Waals surface area contributed by atoms with Gasteiger partial charge in [-0.1, -0.05) is 36.9 Å². The molecular formula is C14H20O3Si. The highest BCUT2D eigenvalue weighted by atomic mass is 28.4. The predicted octanol–water partition coefficient (Wildman–Crippen LogP) is 3.31. The highest BCUT2D eigenvalue weighted by Crippen LogP contribution is 2.28. The monoisotopic (exact) mass is 264 g/mol. The molecule has 4 heteroatoms. The van der Waals surface area contributed by atoms with Gasteiger partial charge in [0.1, 0.15) is 6.10 Å². The van der Waals surface area contributed by atoms with Gasteiger partial charge in [-0.15, -0.1) is 0 Å². The Labute approximate surface area is 110 Å². The summed E-state index contributed by atoms with van der Waals surface area (Å²) < 4.78 is 10.8. The predicted molar refractivity (Wildman–Crippen MR) is 74.8 cm³/mol. The largest absolute Gasteiger partial charge is 0.466 e. The number of methoxy groups -OCH3 is 1. The summed E-state index contributed by atoms with van der Waals surface area (Å²) >= 11 is 0. The SMILES string of the molecule is C=C(C(=O)OC)C(O[Si](C)(C)C)c1ccccc1. The zero-order valence-electron chi connectivity index (χ0n) is 11.4. The zero-order chi connectivity index (χ0) is 13.8. The lowest BCUT2D eigenvalue weighted by Gasteiger charge is -2.27. The Morgan fingerprint density at radius 1 is 1.22 bits per heavy atom. The maximum atomic E-state index is 11.6. The van der Waals surface area contributed by atoms with E-state index in [0.29, 0.717) is 5.57 Å². The second kappa shape index (κ2) is 5.98. The van der Waals surface area contributed by atoms with E-state index < -0.39 is 20.4 Å². The zero-order valence-corrected chi connectivity index (χ0v) is 12.4. The van der Waals surface area contributed by atoms with E-state index in [4.69, 9.17) is 9.16 Å². The summed E-state index contributed by atoms with van der Waals surface area (Å²) in [6, 6.07) is 9.62. The van der Waals surface area contributed by atoms with Crippen LogP contribution in [0.3, 0.4) is 0 Å². The van der Waals surface area contributed by atoms with Crippen LogP contribution in [-0.2, 0) is 14.0 Å². The second-order valence-electron chi connectivity index (χ2n) is 5.04. The molecule has 1 aromatic carbocycles. The lowest BCUT2D eigenvalue weighted by atomic mass is 10.0. The summed E-state index contributed by atoms with van der Waals surface area (Å²) in [5.74, 6) is -0.429. The van der Waals surface area contributed by atoms with Gasteiger partial charge in [0, 0.05) is 0 Å². The average Bonchev–Trinajstić information content (AvgIpc) is 2.34. The Hall–Kier alpha value is -1.39. The van der Waals surface area contributed by atoms with Crippen molar-refractivity contribution in [1.82, 2.24) is 0 Å². The number of rotatable bonds is 5. The minimum absolute atomic E-state index is 0.339. The fraction of sp³-hybridized carbons (Fsp3) is 0.357. The highest BCUT2D eigenvalue weighted by Gasteiger charge is 2.28. The first kappa shape index (κ1) is 14.7. The first-order chi connectivity index (χ1) is 8.35. The van der Waals surface area contributed by atoms with Gasteiger partial charge in [0.25, 0.3) is 0 Å². The van der Waals surface area contributed by atoms with Crippen LogP contribution in [0.15, 0.2) is 42.5 Å². The van der Waals surface area contributed by atoms with Gasteiger partial charge < -0.3 is 9.16 Å². The van der Waals surface area contributed by atoms with Crippen molar-refractivity contribution in [3.8, 4) is 0 Å². The van der Waals surface area contributed by atoms with E-state index >= 15 is 0 Å². The number of hydrogen-bond acceptors (Lipinski definition) is 3. The molecule has 0 radical (unpaired) electrons. The quantitative estimate of drug-likeness (QED) is 0.465. The van der Waals surface area contributed by atoms with Crippen LogP contribution in [0.5, 0.6) is 0 Å². The Morgan fingerprint density at radius 2 is 1.78 bits per heavy atom. The molecule has 1 unspecified atom stereocenters. The Morgan fingerprint density at radius 3 is 2.22 bits per heavy atom. The standard InChI is InChI=1S/C14H20O3Si/c1-11(14(15)16-2)13(17-18(3,4)5)12-9-7-6-8-10-12/h6-10,13H,1H2,2-5H3. The van der Waals surface area contributed by atoms with Crippen molar-refractivity contribution in [1.29, 1.82) is 0 Å². The van der Waals surface area contributed by atoms with Crippen molar-refractivity contribution in [3.05, 3.63) is 48.0 Å². The lowest BCUT2D eigenvalue weighted by Crippen LogP contribution is -2.30. The van der Waals surface area contributed by atoms with Crippen LogP contribution in [0, 0.1) is 0 Å². The van der Waals surface area contributed by atoms with Gasteiger partial charge in [0.15, 0.2) is 8.32 Å². The molecule has 0 heterocycles. The highest BCUT2D eigenvalue weighted by molar-refractivity contribution is 6.69. The van der Waals surface area contributed by atoms with E-state index in [0.717, 1.165) is 5.56 Å². The summed E-state index contributed by atoms with van der Waals surface area (Å²) in [6.07, 6.45) is -0.426.